The molecule has 456 valence electrons. The Morgan fingerprint density at radius 3 is 0.765 bits per heavy atom. The molecule has 0 saturated carbocycles. The molecule has 1 atom stereocenters. The van der Waals surface area contributed by atoms with Gasteiger partial charge in [0.25, 0.3) is 0 Å². The lowest BCUT2D eigenvalue weighted by molar-refractivity contribution is -0.166. The van der Waals surface area contributed by atoms with Gasteiger partial charge in [0.1, 0.15) is 13.2 Å². The molecule has 0 rings (SSSR count). The quantitative estimate of drug-likeness (QED) is 0.0261. The minimum absolute atomic E-state index is 0.0858. The van der Waals surface area contributed by atoms with Crippen molar-refractivity contribution in [3.63, 3.8) is 0 Å². The van der Waals surface area contributed by atoms with Gasteiger partial charge in [-0.25, -0.2) is 0 Å². The summed E-state index contributed by atoms with van der Waals surface area (Å²) in [5.74, 6) is -1.09. The summed E-state index contributed by atoms with van der Waals surface area (Å²) in [5, 5.41) is 0. The molecule has 6 nitrogen and oxygen atoms in total. The molecule has 0 spiro atoms. The maximum Gasteiger partial charge on any atom is 0.310 e. The van der Waals surface area contributed by atoms with E-state index in [-0.39, 0.29) is 31.6 Å². The summed E-state index contributed by atoms with van der Waals surface area (Å²) in [6, 6.07) is 0. The van der Waals surface area contributed by atoms with Crippen LogP contribution in [-0.4, -0.2) is 37.2 Å². The highest BCUT2D eigenvalue weighted by atomic mass is 16.6. The first-order valence-corrected chi connectivity index (χ1v) is 33.0. The van der Waals surface area contributed by atoms with Crippen LogP contribution >= 0.6 is 0 Å². The number of esters is 3. The van der Waals surface area contributed by atoms with E-state index in [1.54, 1.807) is 6.08 Å². The van der Waals surface area contributed by atoms with Crippen LogP contribution in [0.3, 0.4) is 0 Å². The number of unbranched alkanes of at least 4 members (excludes halogenated alkanes) is 22. The third-order valence-electron chi connectivity index (χ3n) is 13.5. The Balaban J connectivity index is 4.21. The van der Waals surface area contributed by atoms with Gasteiger partial charge >= 0.3 is 17.9 Å². The zero-order valence-electron chi connectivity index (χ0n) is 52.2. The smallest absolute Gasteiger partial charge is 0.310 e. The van der Waals surface area contributed by atoms with E-state index in [0.29, 0.717) is 19.3 Å². The molecule has 81 heavy (non-hydrogen) atoms. The van der Waals surface area contributed by atoms with Crippen molar-refractivity contribution in [3.8, 4) is 0 Å². The number of allylic oxidation sites excluding steroid dienone is 25. The summed E-state index contributed by atoms with van der Waals surface area (Å²) >= 11 is 0. The van der Waals surface area contributed by atoms with Crippen LogP contribution in [0.25, 0.3) is 0 Å². The Morgan fingerprint density at radius 1 is 0.259 bits per heavy atom. The largest absolute Gasteiger partial charge is 0.462 e. The summed E-state index contributed by atoms with van der Waals surface area (Å²) in [6.07, 6.45) is 98.8. The summed E-state index contributed by atoms with van der Waals surface area (Å²) in [6.45, 7) is 6.19. The van der Waals surface area contributed by atoms with E-state index >= 15 is 0 Å². The Morgan fingerprint density at radius 2 is 0.481 bits per heavy atom. The van der Waals surface area contributed by atoms with E-state index in [2.05, 4.69) is 167 Å². The van der Waals surface area contributed by atoms with E-state index in [1.807, 2.05) is 6.08 Å². The molecule has 0 aromatic rings. The summed E-state index contributed by atoms with van der Waals surface area (Å²) in [5.41, 5.74) is 0. The molecular weight excluding hydrogens is 997 g/mol. The van der Waals surface area contributed by atoms with Crippen molar-refractivity contribution in [3.05, 3.63) is 158 Å². The number of carbonyl (C=O) groups excluding carboxylic acids is 3. The van der Waals surface area contributed by atoms with Gasteiger partial charge < -0.3 is 14.2 Å². The predicted molar refractivity (Wildman–Crippen MR) is 352 cm³/mol. The molecule has 0 amide bonds. The lowest BCUT2D eigenvalue weighted by Crippen LogP contribution is -2.30. The van der Waals surface area contributed by atoms with E-state index in [1.165, 1.54) is 109 Å². The van der Waals surface area contributed by atoms with Gasteiger partial charge in [0, 0.05) is 12.8 Å². The highest BCUT2D eigenvalue weighted by molar-refractivity contribution is 5.72. The van der Waals surface area contributed by atoms with Crippen molar-refractivity contribution in [2.75, 3.05) is 13.2 Å². The fraction of sp³-hybridized carbons (Fsp3) is 0.613. The van der Waals surface area contributed by atoms with E-state index < -0.39 is 12.1 Å². The molecule has 0 aliphatic rings. The Kier molecular flexibility index (Phi) is 63.4. The average molecular weight is 1120 g/mol. The minimum Gasteiger partial charge on any atom is -0.462 e. The molecule has 0 bridgehead atoms. The summed E-state index contributed by atoms with van der Waals surface area (Å²) in [7, 11) is 0. The van der Waals surface area contributed by atoms with Gasteiger partial charge in [0.15, 0.2) is 6.10 Å². The van der Waals surface area contributed by atoms with Gasteiger partial charge in [0.05, 0.1) is 6.42 Å². The van der Waals surface area contributed by atoms with Crippen molar-refractivity contribution < 1.29 is 28.6 Å². The number of hydrogen-bond donors (Lipinski definition) is 0. The SMILES string of the molecule is CC/C=C\C/C=C\C/C=C\C/C=C\C/C=C\CCCCCCCCCCCCCCCCCCCCCC(=O)OCC(COC(=O)CCCCC/C=C\C/C=C\C/C=C\CC)OC(=O)C/C=C\C/C=C\C/C=C\C/C=C\C/C=C\CC. The lowest BCUT2D eigenvalue weighted by atomic mass is 10.0. The van der Waals surface area contributed by atoms with Crippen molar-refractivity contribution in [1.29, 1.82) is 0 Å². The highest BCUT2D eigenvalue weighted by Crippen LogP contribution is 2.16. The molecule has 0 fully saturated rings. The number of ether oxygens (including phenoxy) is 3. The van der Waals surface area contributed by atoms with Gasteiger partial charge in [-0.2, -0.15) is 0 Å². The van der Waals surface area contributed by atoms with Crippen LogP contribution in [0.4, 0.5) is 0 Å². The highest BCUT2D eigenvalue weighted by Gasteiger charge is 2.19. The molecule has 0 heterocycles. The molecular formula is C75H120O6. The topological polar surface area (TPSA) is 78.9 Å². The molecule has 0 aromatic carbocycles. The minimum atomic E-state index is -0.850. The van der Waals surface area contributed by atoms with Gasteiger partial charge in [-0.1, -0.05) is 294 Å². The van der Waals surface area contributed by atoms with E-state index in [9.17, 15) is 14.4 Å². The molecule has 0 aliphatic heterocycles. The Labute approximate surface area is 499 Å². The molecule has 0 saturated heterocycles. The molecule has 0 radical (unpaired) electrons. The van der Waals surface area contributed by atoms with Gasteiger partial charge in [-0.05, 0) is 122 Å². The summed E-state index contributed by atoms with van der Waals surface area (Å²) < 4.78 is 16.8. The normalized spacial score (nSPS) is 13.2. The fourth-order valence-corrected chi connectivity index (χ4v) is 8.74. The molecule has 0 aliphatic carbocycles. The first-order chi connectivity index (χ1) is 40.0. The molecule has 1 unspecified atom stereocenters. The Bertz CT molecular complexity index is 1810. The molecule has 0 N–H and O–H groups in total. The third-order valence-corrected chi connectivity index (χ3v) is 13.5. The van der Waals surface area contributed by atoms with Gasteiger partial charge in [-0.3, -0.25) is 14.4 Å². The fourth-order valence-electron chi connectivity index (χ4n) is 8.74. The van der Waals surface area contributed by atoms with Crippen LogP contribution in [-0.2, 0) is 28.6 Å². The van der Waals surface area contributed by atoms with Crippen LogP contribution in [0.15, 0.2) is 158 Å². The number of rotatable bonds is 58. The maximum atomic E-state index is 12.8. The first-order valence-electron chi connectivity index (χ1n) is 33.0. The monoisotopic (exact) mass is 1120 g/mol. The van der Waals surface area contributed by atoms with Crippen LogP contribution < -0.4 is 0 Å². The standard InChI is InChI=1S/C75H120O6/c1-4-7-10-13-16-19-22-25-27-28-29-30-31-32-33-34-35-36-37-38-39-40-41-42-43-44-45-46-48-50-53-56-59-62-65-68-74(77)80-71-72(70-79-73(76)67-64-61-58-55-52-49-24-21-18-15-12-9-6-3)81-75(78)69-66-63-60-57-54-51-47-26-23-20-17-14-11-8-5-2/h7-12,16-21,25-27,29-30,32-33,47,49,52,54,57,63,66,72H,4-6,13-15,22-24,28,31,34-46,48,50-51,53,55-56,58-62,64-65,67-71H2,1-3H3/b10-7-,11-8-,12-9-,19-16-,20-17-,21-18-,27-25-,30-29-,33-32-,47-26-,52-49-,57-54-,66-63-. The zero-order valence-corrected chi connectivity index (χ0v) is 52.2. The van der Waals surface area contributed by atoms with Gasteiger partial charge in [0.2, 0.25) is 0 Å². The van der Waals surface area contributed by atoms with Crippen LogP contribution in [0.1, 0.15) is 278 Å². The average Bonchev–Trinajstić information content (AvgIpc) is 3.46. The second-order valence-corrected chi connectivity index (χ2v) is 21.2. The van der Waals surface area contributed by atoms with Crippen LogP contribution in [0.2, 0.25) is 0 Å². The Hall–Kier alpha value is -4.97. The number of hydrogen-bond acceptors (Lipinski definition) is 6. The number of carbonyl (C=O) groups is 3. The zero-order chi connectivity index (χ0) is 58.5. The molecule has 0 aromatic heterocycles. The van der Waals surface area contributed by atoms with Crippen LogP contribution in [0, 0.1) is 0 Å². The van der Waals surface area contributed by atoms with Crippen molar-refractivity contribution in [1.82, 2.24) is 0 Å². The lowest BCUT2D eigenvalue weighted by Gasteiger charge is -2.18. The van der Waals surface area contributed by atoms with Crippen molar-refractivity contribution >= 4 is 17.9 Å². The van der Waals surface area contributed by atoms with Crippen LogP contribution in [0.5, 0.6) is 0 Å². The third kappa shape index (κ3) is 65.7. The second-order valence-electron chi connectivity index (χ2n) is 21.2. The van der Waals surface area contributed by atoms with Gasteiger partial charge in [-0.15, -0.1) is 0 Å². The van der Waals surface area contributed by atoms with Crippen molar-refractivity contribution in [2.24, 2.45) is 0 Å². The maximum absolute atomic E-state index is 12.8. The van der Waals surface area contributed by atoms with E-state index in [4.69, 9.17) is 14.2 Å². The summed E-state index contributed by atoms with van der Waals surface area (Å²) in [4.78, 5) is 38.2. The van der Waals surface area contributed by atoms with E-state index in [0.717, 1.165) is 122 Å². The molecule has 6 heteroatoms. The first kappa shape index (κ1) is 76.0. The second kappa shape index (κ2) is 67.5. The van der Waals surface area contributed by atoms with Crippen molar-refractivity contribution in [2.45, 2.75) is 284 Å². The predicted octanol–water partition coefficient (Wildman–Crippen LogP) is 22.9.